The number of carbonyl (C=O) groups is 1. The zero-order chi connectivity index (χ0) is 25.5. The third kappa shape index (κ3) is 4.67. The van der Waals surface area contributed by atoms with Gasteiger partial charge in [0, 0.05) is 17.5 Å². The number of fused-ring (bicyclic) bond motifs is 2. The molecule has 6 nitrogen and oxygen atoms in total. The molecule has 0 unspecified atom stereocenters. The molecule has 4 aromatic rings. The van der Waals surface area contributed by atoms with Crippen LogP contribution in [0.15, 0.2) is 59.1 Å². The smallest absolute Gasteiger partial charge is 0.337 e. The molecule has 0 spiro atoms. The highest BCUT2D eigenvalue weighted by molar-refractivity contribution is 6.39. The molecule has 3 aromatic carbocycles. The number of rotatable bonds is 6. The molecule has 1 aliphatic heterocycles. The fourth-order valence-corrected chi connectivity index (χ4v) is 5.21. The predicted octanol–water partition coefficient (Wildman–Crippen LogP) is 7.78. The molecular formula is C29H23Cl2NO5. The second-order valence-corrected chi connectivity index (χ2v) is 10.0. The zero-order valence-electron chi connectivity index (χ0n) is 20.1. The minimum atomic E-state index is -0.364. The zero-order valence-corrected chi connectivity index (χ0v) is 21.6. The first-order chi connectivity index (χ1) is 18.0. The lowest BCUT2D eigenvalue weighted by Gasteiger charge is -2.13. The summed E-state index contributed by atoms with van der Waals surface area (Å²) < 4.78 is 23.1. The topological polar surface area (TPSA) is 70.8 Å². The lowest BCUT2D eigenvalue weighted by Crippen LogP contribution is -2.02. The van der Waals surface area contributed by atoms with Crippen molar-refractivity contribution in [3.8, 4) is 28.5 Å². The van der Waals surface area contributed by atoms with E-state index in [1.165, 1.54) is 7.11 Å². The van der Waals surface area contributed by atoms with Crippen LogP contribution in [0.1, 0.15) is 51.6 Å². The highest BCUT2D eigenvalue weighted by atomic mass is 35.5. The van der Waals surface area contributed by atoms with Crippen LogP contribution in [0.3, 0.4) is 0 Å². The Morgan fingerprint density at radius 1 is 1.00 bits per heavy atom. The fourth-order valence-electron chi connectivity index (χ4n) is 4.64. The summed E-state index contributed by atoms with van der Waals surface area (Å²) in [6, 6.07) is 16.6. The molecule has 37 heavy (non-hydrogen) atoms. The summed E-state index contributed by atoms with van der Waals surface area (Å²) in [6.07, 6.45) is 3.64. The van der Waals surface area contributed by atoms with E-state index in [-0.39, 0.29) is 12.6 Å². The van der Waals surface area contributed by atoms with E-state index in [2.05, 4.69) is 5.16 Å². The first-order valence-corrected chi connectivity index (χ1v) is 12.8. The fraction of sp³-hybridized carbons (Fsp3) is 0.241. The molecule has 0 saturated heterocycles. The van der Waals surface area contributed by atoms with Crippen LogP contribution < -0.4 is 9.47 Å². The summed E-state index contributed by atoms with van der Waals surface area (Å²) >= 11 is 13.0. The number of aromatic nitrogens is 1. The van der Waals surface area contributed by atoms with Gasteiger partial charge < -0.3 is 18.7 Å². The third-order valence-corrected chi connectivity index (χ3v) is 7.38. The maximum absolute atomic E-state index is 11.9. The van der Waals surface area contributed by atoms with Crippen molar-refractivity contribution >= 4 is 29.2 Å². The average molecular weight is 536 g/mol. The Bertz CT molecular complexity index is 1490. The van der Waals surface area contributed by atoms with Gasteiger partial charge in [0.1, 0.15) is 35.3 Å². The summed E-state index contributed by atoms with van der Waals surface area (Å²) in [5.41, 5.74) is 4.65. The Labute approximate surface area is 224 Å². The molecule has 1 saturated carbocycles. The van der Waals surface area contributed by atoms with Crippen LogP contribution in [-0.2, 0) is 24.2 Å². The van der Waals surface area contributed by atoms with Gasteiger partial charge in [-0.3, -0.25) is 0 Å². The van der Waals surface area contributed by atoms with Gasteiger partial charge in [0.05, 0.1) is 28.3 Å². The van der Waals surface area contributed by atoms with Crippen LogP contribution in [0.4, 0.5) is 0 Å². The number of ether oxygens (including phenoxy) is 3. The molecular weight excluding hydrogens is 513 g/mol. The van der Waals surface area contributed by atoms with Gasteiger partial charge in [0.2, 0.25) is 0 Å². The van der Waals surface area contributed by atoms with Crippen LogP contribution in [0.25, 0.3) is 11.3 Å². The minimum absolute atomic E-state index is 0.254. The number of carbonyl (C=O) groups excluding carboxylic acids is 1. The van der Waals surface area contributed by atoms with Crippen molar-refractivity contribution in [2.45, 2.75) is 38.2 Å². The molecule has 2 aliphatic rings. The maximum atomic E-state index is 11.9. The molecule has 1 aliphatic carbocycles. The summed E-state index contributed by atoms with van der Waals surface area (Å²) in [7, 11) is 1.38. The Balaban J connectivity index is 1.27. The second kappa shape index (κ2) is 9.77. The van der Waals surface area contributed by atoms with Crippen molar-refractivity contribution < 1.29 is 23.5 Å². The normalized spacial score (nSPS) is 14.2. The van der Waals surface area contributed by atoms with Gasteiger partial charge in [0.25, 0.3) is 0 Å². The van der Waals surface area contributed by atoms with Gasteiger partial charge in [-0.1, -0.05) is 40.5 Å². The van der Waals surface area contributed by atoms with E-state index in [0.717, 1.165) is 53.9 Å². The molecule has 1 aromatic heterocycles. The molecule has 0 N–H and O–H groups in total. The second-order valence-electron chi connectivity index (χ2n) is 9.22. The Kier molecular flexibility index (Phi) is 6.31. The third-order valence-electron chi connectivity index (χ3n) is 6.75. The minimum Gasteiger partial charge on any atom is -0.489 e. The average Bonchev–Trinajstić information content (AvgIpc) is 3.69. The highest BCUT2D eigenvalue weighted by Gasteiger charge is 2.33. The van der Waals surface area contributed by atoms with E-state index in [1.54, 1.807) is 24.3 Å². The number of halogens is 2. The number of benzene rings is 3. The van der Waals surface area contributed by atoms with E-state index in [9.17, 15) is 4.79 Å². The largest absolute Gasteiger partial charge is 0.489 e. The van der Waals surface area contributed by atoms with Gasteiger partial charge in [-0.05, 0) is 73.2 Å². The Morgan fingerprint density at radius 2 is 1.78 bits per heavy atom. The lowest BCUT2D eigenvalue weighted by molar-refractivity contribution is 0.0600. The van der Waals surface area contributed by atoms with Crippen LogP contribution in [0.2, 0.25) is 10.0 Å². The van der Waals surface area contributed by atoms with Crippen LogP contribution in [-0.4, -0.2) is 18.2 Å². The Morgan fingerprint density at radius 3 is 2.54 bits per heavy atom. The molecule has 188 valence electrons. The van der Waals surface area contributed by atoms with Gasteiger partial charge in [0.15, 0.2) is 0 Å². The Hall–Kier alpha value is -3.48. The van der Waals surface area contributed by atoms with Crippen molar-refractivity contribution in [3.05, 3.63) is 92.7 Å². The summed E-state index contributed by atoms with van der Waals surface area (Å²) in [4.78, 5) is 11.9. The number of hydrogen-bond donors (Lipinski definition) is 0. The standard InChI is InChI=1S/C29H23Cl2NO5/c1-34-29(33)19-10-12-24-18(13-19)8-5-16-9-11-20(14-25(16)36-24)35-15-21-27(32-37-28(21)17-6-7-17)26-22(30)3-2-4-23(26)31/h2-4,9-14,17H,5-8,15H2,1H3. The van der Waals surface area contributed by atoms with E-state index >= 15 is 0 Å². The monoisotopic (exact) mass is 535 g/mol. The van der Waals surface area contributed by atoms with E-state index in [1.807, 2.05) is 30.3 Å². The van der Waals surface area contributed by atoms with Gasteiger partial charge >= 0.3 is 5.97 Å². The molecule has 0 bridgehead atoms. The summed E-state index contributed by atoms with van der Waals surface area (Å²) in [5.74, 6) is 2.90. The maximum Gasteiger partial charge on any atom is 0.337 e. The van der Waals surface area contributed by atoms with Crippen molar-refractivity contribution in [1.29, 1.82) is 0 Å². The SMILES string of the molecule is COC(=O)c1ccc2c(c1)CCc1ccc(OCc3c(-c4c(Cl)cccc4Cl)noc3C3CC3)cc1O2. The molecule has 0 radical (unpaired) electrons. The van der Waals surface area contributed by atoms with E-state index in [4.69, 9.17) is 41.9 Å². The lowest BCUT2D eigenvalue weighted by atomic mass is 10.0. The van der Waals surface area contributed by atoms with Crippen molar-refractivity contribution in [2.24, 2.45) is 0 Å². The molecule has 2 heterocycles. The number of aryl methyl sites for hydroxylation is 2. The van der Waals surface area contributed by atoms with Gasteiger partial charge in [-0.25, -0.2) is 4.79 Å². The molecule has 0 atom stereocenters. The van der Waals surface area contributed by atoms with E-state index in [0.29, 0.717) is 44.3 Å². The molecule has 0 amide bonds. The summed E-state index contributed by atoms with van der Waals surface area (Å²) in [5, 5.41) is 5.36. The number of esters is 1. The number of nitrogens with zero attached hydrogens (tertiary/aromatic N) is 1. The van der Waals surface area contributed by atoms with E-state index < -0.39 is 0 Å². The first-order valence-electron chi connectivity index (χ1n) is 12.1. The van der Waals surface area contributed by atoms with Crippen molar-refractivity contribution in [3.63, 3.8) is 0 Å². The van der Waals surface area contributed by atoms with Crippen molar-refractivity contribution in [1.82, 2.24) is 5.16 Å². The molecule has 6 rings (SSSR count). The van der Waals surface area contributed by atoms with Gasteiger partial charge in [-0.2, -0.15) is 0 Å². The summed E-state index contributed by atoms with van der Waals surface area (Å²) in [6.45, 7) is 0.254. The van der Waals surface area contributed by atoms with Gasteiger partial charge in [-0.15, -0.1) is 0 Å². The van der Waals surface area contributed by atoms with Crippen LogP contribution in [0, 0.1) is 0 Å². The van der Waals surface area contributed by atoms with Crippen molar-refractivity contribution in [2.75, 3.05) is 7.11 Å². The number of methoxy groups -OCH3 is 1. The van der Waals surface area contributed by atoms with Crippen LogP contribution >= 0.6 is 23.2 Å². The predicted molar refractivity (Wildman–Crippen MR) is 140 cm³/mol. The first kappa shape index (κ1) is 23.9. The quantitative estimate of drug-likeness (QED) is 0.234. The van der Waals surface area contributed by atoms with Crippen LogP contribution in [0.5, 0.6) is 17.2 Å². The molecule has 8 heteroatoms. The molecule has 1 fully saturated rings. The highest BCUT2D eigenvalue weighted by Crippen LogP contribution is 2.46. The number of hydrogen-bond acceptors (Lipinski definition) is 6.